The van der Waals surface area contributed by atoms with Gasteiger partial charge in [-0.2, -0.15) is 0 Å². The van der Waals surface area contributed by atoms with Crippen LogP contribution in [-0.4, -0.2) is 68.4 Å². The fourth-order valence-corrected chi connectivity index (χ4v) is 2.73. The number of hydrogen-bond donors (Lipinski definition) is 2. The Morgan fingerprint density at radius 2 is 1.88 bits per heavy atom. The lowest BCUT2D eigenvalue weighted by Crippen LogP contribution is -2.36. The van der Waals surface area contributed by atoms with Crippen LogP contribution in [0.15, 0.2) is 36.7 Å². The largest absolute Gasteiger partial charge is 0.378 e. The Labute approximate surface area is 149 Å². The number of hydrogen-bond acceptors (Lipinski definition) is 7. The zero-order chi connectivity index (χ0) is 17.5. The first kappa shape index (κ1) is 17.4. The Morgan fingerprint density at radius 3 is 2.68 bits per heavy atom. The molecule has 1 aliphatic rings. The third-order valence-electron chi connectivity index (χ3n) is 4.05. The lowest BCUT2D eigenvalue weighted by Gasteiger charge is -2.30. The minimum atomic E-state index is 0.766. The van der Waals surface area contributed by atoms with Gasteiger partial charge in [-0.1, -0.05) is 12.1 Å². The molecule has 0 radical (unpaired) electrons. The average molecular weight is 342 g/mol. The van der Waals surface area contributed by atoms with Gasteiger partial charge in [-0.25, -0.2) is 9.97 Å². The molecule has 7 heteroatoms. The van der Waals surface area contributed by atoms with Crippen LogP contribution < -0.4 is 15.5 Å². The maximum atomic E-state index is 5.45. The van der Waals surface area contributed by atoms with Gasteiger partial charge in [-0.15, -0.1) is 0 Å². The Hall–Kier alpha value is -2.38. The summed E-state index contributed by atoms with van der Waals surface area (Å²) in [5.41, 5.74) is 2.22. The molecular formula is C18H26N6O. The van der Waals surface area contributed by atoms with Crippen LogP contribution in [0.5, 0.6) is 0 Å². The number of morpholine rings is 1. The van der Waals surface area contributed by atoms with Gasteiger partial charge >= 0.3 is 0 Å². The molecule has 1 saturated heterocycles. The third kappa shape index (κ3) is 5.04. The summed E-state index contributed by atoms with van der Waals surface area (Å²) in [7, 11) is 4.11. The van der Waals surface area contributed by atoms with Crippen LogP contribution in [0.25, 0.3) is 0 Å². The van der Waals surface area contributed by atoms with Crippen LogP contribution in [0.4, 0.5) is 23.0 Å². The van der Waals surface area contributed by atoms with Crippen molar-refractivity contribution < 1.29 is 4.74 Å². The molecule has 1 aromatic heterocycles. The fourth-order valence-electron chi connectivity index (χ4n) is 2.73. The lowest BCUT2D eigenvalue weighted by molar-refractivity contribution is 0.123. The van der Waals surface area contributed by atoms with E-state index < -0.39 is 0 Å². The van der Waals surface area contributed by atoms with Crippen molar-refractivity contribution in [3.05, 3.63) is 36.7 Å². The number of aromatic nitrogens is 2. The molecule has 0 bridgehead atoms. The van der Waals surface area contributed by atoms with E-state index in [-0.39, 0.29) is 0 Å². The fraction of sp³-hybridized carbons (Fsp3) is 0.444. The molecule has 2 N–H and O–H groups in total. The van der Waals surface area contributed by atoms with Gasteiger partial charge in [0, 0.05) is 32.2 Å². The number of para-hydroxylation sites is 2. The molecule has 1 aliphatic heterocycles. The zero-order valence-corrected chi connectivity index (χ0v) is 14.9. The van der Waals surface area contributed by atoms with Crippen molar-refractivity contribution in [2.45, 2.75) is 0 Å². The number of rotatable bonds is 7. The van der Waals surface area contributed by atoms with Crippen molar-refractivity contribution in [3.63, 3.8) is 0 Å². The Kier molecular flexibility index (Phi) is 6.03. The molecule has 3 rings (SSSR count). The Balaban J connectivity index is 1.70. The molecule has 25 heavy (non-hydrogen) atoms. The molecule has 2 heterocycles. The van der Waals surface area contributed by atoms with E-state index in [1.54, 1.807) is 6.33 Å². The minimum absolute atomic E-state index is 0.766. The van der Waals surface area contributed by atoms with E-state index in [9.17, 15) is 0 Å². The number of likely N-dealkylation sites (N-methyl/N-ethyl adjacent to an activating group) is 1. The molecule has 1 aromatic carbocycles. The van der Waals surface area contributed by atoms with Crippen LogP contribution in [-0.2, 0) is 4.74 Å². The smallest absolute Gasteiger partial charge is 0.135 e. The Morgan fingerprint density at radius 1 is 1.12 bits per heavy atom. The number of anilines is 4. The summed E-state index contributed by atoms with van der Waals surface area (Å²) in [4.78, 5) is 13.1. The van der Waals surface area contributed by atoms with E-state index in [0.29, 0.717) is 0 Å². The van der Waals surface area contributed by atoms with Gasteiger partial charge in [0.15, 0.2) is 0 Å². The molecule has 0 atom stereocenters. The molecule has 0 aliphatic carbocycles. The average Bonchev–Trinajstić information content (AvgIpc) is 2.63. The SMILES string of the molecule is CN(C)CCNc1cc(Nc2ccccc2N2CCOCC2)ncn1. The third-order valence-corrected chi connectivity index (χ3v) is 4.05. The number of nitrogens with one attached hydrogen (secondary N) is 2. The van der Waals surface area contributed by atoms with Gasteiger partial charge in [-0.3, -0.25) is 0 Å². The summed E-state index contributed by atoms with van der Waals surface area (Å²) >= 11 is 0. The second kappa shape index (κ2) is 8.64. The first-order valence-corrected chi connectivity index (χ1v) is 8.62. The highest BCUT2D eigenvalue weighted by atomic mass is 16.5. The van der Waals surface area contributed by atoms with Crippen molar-refractivity contribution in [2.75, 3.05) is 69.0 Å². The van der Waals surface area contributed by atoms with Gasteiger partial charge in [0.1, 0.15) is 18.0 Å². The van der Waals surface area contributed by atoms with Gasteiger partial charge in [0.25, 0.3) is 0 Å². The molecule has 1 fully saturated rings. The predicted molar refractivity (Wildman–Crippen MR) is 102 cm³/mol. The first-order valence-electron chi connectivity index (χ1n) is 8.62. The summed E-state index contributed by atoms with van der Waals surface area (Å²) in [6.45, 7) is 5.13. The summed E-state index contributed by atoms with van der Waals surface area (Å²) in [5.74, 6) is 1.60. The monoisotopic (exact) mass is 342 g/mol. The van der Waals surface area contributed by atoms with Crippen molar-refractivity contribution in [2.24, 2.45) is 0 Å². The first-order chi connectivity index (χ1) is 12.2. The minimum Gasteiger partial charge on any atom is -0.378 e. The van der Waals surface area contributed by atoms with Gasteiger partial charge < -0.3 is 25.2 Å². The van der Waals surface area contributed by atoms with Crippen molar-refractivity contribution in [1.82, 2.24) is 14.9 Å². The quantitative estimate of drug-likeness (QED) is 0.798. The normalized spacial score (nSPS) is 14.6. The second-order valence-electron chi connectivity index (χ2n) is 6.26. The summed E-state index contributed by atoms with van der Waals surface area (Å²) in [5, 5.41) is 6.75. The molecule has 0 saturated carbocycles. The molecule has 134 valence electrons. The highest BCUT2D eigenvalue weighted by Gasteiger charge is 2.14. The molecule has 0 amide bonds. The van der Waals surface area contributed by atoms with Crippen LogP contribution in [0.2, 0.25) is 0 Å². The van der Waals surface area contributed by atoms with Gasteiger partial charge in [0.05, 0.1) is 24.6 Å². The van der Waals surface area contributed by atoms with Crippen LogP contribution in [0.1, 0.15) is 0 Å². The van der Waals surface area contributed by atoms with E-state index in [1.165, 1.54) is 5.69 Å². The van der Waals surface area contributed by atoms with E-state index >= 15 is 0 Å². The predicted octanol–water partition coefficient (Wildman–Crippen LogP) is 2.03. The van der Waals surface area contributed by atoms with Crippen LogP contribution in [0, 0.1) is 0 Å². The summed E-state index contributed by atoms with van der Waals surface area (Å²) in [6, 6.07) is 10.2. The maximum absolute atomic E-state index is 5.45. The van der Waals surface area contributed by atoms with E-state index in [0.717, 1.165) is 56.7 Å². The maximum Gasteiger partial charge on any atom is 0.135 e. The second-order valence-corrected chi connectivity index (χ2v) is 6.26. The van der Waals surface area contributed by atoms with E-state index in [4.69, 9.17) is 4.74 Å². The van der Waals surface area contributed by atoms with Crippen molar-refractivity contribution in [3.8, 4) is 0 Å². The van der Waals surface area contributed by atoms with Crippen LogP contribution in [0.3, 0.4) is 0 Å². The van der Waals surface area contributed by atoms with Gasteiger partial charge in [0.2, 0.25) is 0 Å². The van der Waals surface area contributed by atoms with Crippen molar-refractivity contribution >= 4 is 23.0 Å². The molecule has 7 nitrogen and oxygen atoms in total. The molecule has 0 spiro atoms. The molecule has 0 unspecified atom stereocenters. The highest BCUT2D eigenvalue weighted by molar-refractivity contribution is 5.74. The van der Waals surface area contributed by atoms with E-state index in [2.05, 4.69) is 62.7 Å². The number of nitrogens with zero attached hydrogens (tertiary/aromatic N) is 4. The van der Waals surface area contributed by atoms with Gasteiger partial charge in [-0.05, 0) is 26.2 Å². The molecule has 2 aromatic rings. The van der Waals surface area contributed by atoms with Crippen LogP contribution >= 0.6 is 0 Å². The van der Waals surface area contributed by atoms with Crippen molar-refractivity contribution in [1.29, 1.82) is 0 Å². The Bertz CT molecular complexity index is 672. The summed E-state index contributed by atoms with van der Waals surface area (Å²) < 4.78 is 5.45. The van der Waals surface area contributed by atoms with E-state index in [1.807, 2.05) is 12.1 Å². The summed E-state index contributed by atoms with van der Waals surface area (Å²) in [6.07, 6.45) is 1.58. The molecular weight excluding hydrogens is 316 g/mol. The topological polar surface area (TPSA) is 65.5 Å². The standard InChI is InChI=1S/C18H26N6O/c1-23(2)8-7-19-17-13-18(21-14-20-17)22-15-5-3-4-6-16(15)24-9-11-25-12-10-24/h3-6,13-14H,7-12H2,1-2H3,(H2,19,20,21,22). The number of ether oxygens (including phenoxy) is 1. The lowest BCUT2D eigenvalue weighted by atomic mass is 10.2. The highest BCUT2D eigenvalue weighted by Crippen LogP contribution is 2.28. The zero-order valence-electron chi connectivity index (χ0n) is 14.9. The number of benzene rings is 1.